The molecule has 0 amide bonds. The highest BCUT2D eigenvalue weighted by Crippen LogP contribution is 2.37. The first kappa shape index (κ1) is 16.9. The molecule has 0 saturated heterocycles. The number of hydrogen-bond donors (Lipinski definition) is 0. The van der Waals surface area contributed by atoms with Crippen LogP contribution in [0.25, 0.3) is 0 Å². The van der Waals surface area contributed by atoms with Gasteiger partial charge in [0.2, 0.25) is 0 Å². The van der Waals surface area contributed by atoms with Crippen molar-refractivity contribution < 1.29 is 13.5 Å². The van der Waals surface area contributed by atoms with Crippen molar-refractivity contribution in [1.29, 1.82) is 0 Å². The van der Waals surface area contributed by atoms with Gasteiger partial charge in [-0.2, -0.15) is 0 Å². The van der Waals surface area contributed by atoms with E-state index in [1.807, 2.05) is 12.1 Å². The van der Waals surface area contributed by atoms with E-state index in [1.165, 1.54) is 49.8 Å². The molecule has 128 valence electrons. The number of hydrogen-bond acceptors (Lipinski definition) is 1. The minimum atomic E-state index is -0.571. The third-order valence-electron chi connectivity index (χ3n) is 5.19. The Morgan fingerprint density at radius 3 is 2.29 bits per heavy atom. The van der Waals surface area contributed by atoms with Gasteiger partial charge in [-0.25, -0.2) is 8.78 Å². The number of halogens is 2. The van der Waals surface area contributed by atoms with E-state index in [1.54, 1.807) is 0 Å². The molecule has 0 unspecified atom stereocenters. The lowest BCUT2D eigenvalue weighted by Gasteiger charge is -2.28. The molecule has 24 heavy (non-hydrogen) atoms. The molecule has 1 saturated carbocycles. The zero-order valence-electron chi connectivity index (χ0n) is 14.1. The van der Waals surface area contributed by atoms with Gasteiger partial charge < -0.3 is 4.74 Å². The molecule has 1 fully saturated rings. The second-order valence-corrected chi connectivity index (χ2v) is 6.72. The van der Waals surface area contributed by atoms with E-state index in [0.717, 1.165) is 12.0 Å². The molecule has 0 bridgehead atoms. The monoisotopic (exact) mass is 330 g/mol. The molecule has 1 aliphatic carbocycles. The van der Waals surface area contributed by atoms with Gasteiger partial charge >= 0.3 is 0 Å². The summed E-state index contributed by atoms with van der Waals surface area (Å²) in [5.74, 6) is 1.12. The molecular formula is C21H24F2O. The van der Waals surface area contributed by atoms with Gasteiger partial charge in [0.05, 0.1) is 0 Å². The largest absolute Gasteiger partial charge is 0.489 e. The van der Waals surface area contributed by atoms with E-state index >= 15 is 0 Å². The van der Waals surface area contributed by atoms with Crippen molar-refractivity contribution >= 4 is 0 Å². The van der Waals surface area contributed by atoms with Crippen molar-refractivity contribution in [2.24, 2.45) is 5.92 Å². The normalized spacial score (nSPS) is 20.8. The highest BCUT2D eigenvalue weighted by molar-refractivity contribution is 5.30. The summed E-state index contributed by atoms with van der Waals surface area (Å²) in [6, 6.07) is 11.7. The average molecular weight is 330 g/mol. The average Bonchev–Trinajstić information content (AvgIpc) is 2.62. The number of ether oxygens (including phenoxy) is 1. The Bertz CT molecular complexity index is 658. The van der Waals surface area contributed by atoms with Crippen molar-refractivity contribution in [3.63, 3.8) is 0 Å². The second kappa shape index (κ2) is 7.78. The first-order valence-corrected chi connectivity index (χ1v) is 8.82. The van der Waals surface area contributed by atoms with Crippen LogP contribution in [0.1, 0.15) is 56.1 Å². The molecule has 0 spiro atoms. The molecule has 0 atom stereocenters. The fourth-order valence-corrected chi connectivity index (χ4v) is 3.54. The van der Waals surface area contributed by atoms with Gasteiger partial charge in [0, 0.05) is 11.6 Å². The molecular weight excluding hydrogens is 306 g/mol. The van der Waals surface area contributed by atoms with Crippen molar-refractivity contribution in [2.45, 2.75) is 51.6 Å². The Balaban J connectivity index is 1.57. The molecule has 0 heterocycles. The van der Waals surface area contributed by atoms with E-state index in [0.29, 0.717) is 17.2 Å². The van der Waals surface area contributed by atoms with Gasteiger partial charge in [0.1, 0.15) is 24.0 Å². The molecule has 0 radical (unpaired) electrons. The molecule has 2 aromatic rings. The SMILES string of the molecule is CC[C@H]1CC[C@H](c2ccc(OCc3ccc(F)cc3F)cc2)CC1. The lowest BCUT2D eigenvalue weighted by atomic mass is 9.78. The summed E-state index contributed by atoms with van der Waals surface area (Å²) in [6.07, 6.45) is 6.46. The third kappa shape index (κ3) is 4.14. The predicted molar refractivity (Wildman–Crippen MR) is 92.1 cm³/mol. The van der Waals surface area contributed by atoms with Gasteiger partial charge in [0.15, 0.2) is 0 Å². The Labute approximate surface area is 142 Å². The van der Waals surface area contributed by atoms with E-state index in [-0.39, 0.29) is 6.61 Å². The fraction of sp³-hybridized carbons (Fsp3) is 0.429. The number of benzene rings is 2. The lowest BCUT2D eigenvalue weighted by Crippen LogP contribution is -2.12. The van der Waals surface area contributed by atoms with Crippen LogP contribution in [-0.4, -0.2) is 0 Å². The molecule has 0 aromatic heterocycles. The Kier molecular flexibility index (Phi) is 5.49. The Morgan fingerprint density at radius 1 is 0.958 bits per heavy atom. The van der Waals surface area contributed by atoms with Crippen LogP contribution < -0.4 is 4.74 Å². The Morgan fingerprint density at radius 2 is 1.67 bits per heavy atom. The second-order valence-electron chi connectivity index (χ2n) is 6.72. The van der Waals surface area contributed by atoms with Crippen LogP contribution >= 0.6 is 0 Å². The fourth-order valence-electron chi connectivity index (χ4n) is 3.54. The van der Waals surface area contributed by atoms with Gasteiger partial charge in [-0.15, -0.1) is 0 Å². The highest BCUT2D eigenvalue weighted by Gasteiger charge is 2.21. The van der Waals surface area contributed by atoms with Crippen molar-refractivity contribution in [3.05, 3.63) is 65.2 Å². The summed E-state index contributed by atoms with van der Waals surface area (Å²) >= 11 is 0. The maximum absolute atomic E-state index is 13.6. The van der Waals surface area contributed by atoms with Crippen LogP contribution in [0.5, 0.6) is 5.75 Å². The van der Waals surface area contributed by atoms with Crippen LogP contribution in [0.15, 0.2) is 42.5 Å². The minimum absolute atomic E-state index is 0.104. The minimum Gasteiger partial charge on any atom is -0.489 e. The molecule has 2 aromatic carbocycles. The predicted octanol–water partition coefficient (Wildman–Crippen LogP) is 6.23. The van der Waals surface area contributed by atoms with Crippen molar-refractivity contribution in [1.82, 2.24) is 0 Å². The highest BCUT2D eigenvalue weighted by atomic mass is 19.1. The molecule has 1 aliphatic rings. The zero-order valence-corrected chi connectivity index (χ0v) is 14.1. The van der Waals surface area contributed by atoms with E-state index in [9.17, 15) is 8.78 Å². The van der Waals surface area contributed by atoms with Crippen LogP contribution in [0.2, 0.25) is 0 Å². The summed E-state index contributed by atoms with van der Waals surface area (Å²) in [5, 5.41) is 0. The quantitative estimate of drug-likeness (QED) is 0.631. The molecule has 3 heteroatoms. The summed E-state index contributed by atoms with van der Waals surface area (Å²) in [7, 11) is 0. The maximum atomic E-state index is 13.6. The van der Waals surface area contributed by atoms with Gasteiger partial charge in [-0.3, -0.25) is 0 Å². The number of rotatable bonds is 5. The zero-order chi connectivity index (χ0) is 16.9. The first-order chi connectivity index (χ1) is 11.7. The molecule has 0 aliphatic heterocycles. The maximum Gasteiger partial charge on any atom is 0.132 e. The topological polar surface area (TPSA) is 9.23 Å². The first-order valence-electron chi connectivity index (χ1n) is 8.82. The van der Waals surface area contributed by atoms with Gasteiger partial charge in [-0.05, 0) is 67.3 Å². The smallest absolute Gasteiger partial charge is 0.132 e. The molecule has 3 rings (SSSR count). The van der Waals surface area contributed by atoms with Crippen LogP contribution in [0.3, 0.4) is 0 Å². The van der Waals surface area contributed by atoms with E-state index in [4.69, 9.17) is 4.74 Å². The summed E-state index contributed by atoms with van der Waals surface area (Å²) in [5.41, 5.74) is 1.73. The lowest BCUT2D eigenvalue weighted by molar-refractivity contribution is 0.298. The summed E-state index contributed by atoms with van der Waals surface area (Å²) in [4.78, 5) is 0. The molecule has 1 nitrogen and oxygen atoms in total. The van der Waals surface area contributed by atoms with Crippen LogP contribution in [-0.2, 0) is 6.61 Å². The van der Waals surface area contributed by atoms with Crippen LogP contribution in [0.4, 0.5) is 8.78 Å². The standard InChI is InChI=1S/C21H24F2O/c1-2-15-3-5-16(6-4-15)17-8-11-20(12-9-17)24-14-18-7-10-19(22)13-21(18)23/h7-13,15-16H,2-6,14H2,1H3/t15-,16-. The third-order valence-corrected chi connectivity index (χ3v) is 5.19. The van der Waals surface area contributed by atoms with Gasteiger partial charge in [0.25, 0.3) is 0 Å². The Hall–Kier alpha value is -1.90. The van der Waals surface area contributed by atoms with Crippen molar-refractivity contribution in [2.75, 3.05) is 0 Å². The van der Waals surface area contributed by atoms with E-state index in [2.05, 4.69) is 19.1 Å². The summed E-state index contributed by atoms with van der Waals surface area (Å²) < 4.78 is 32.1. The van der Waals surface area contributed by atoms with Crippen molar-refractivity contribution in [3.8, 4) is 5.75 Å². The molecule has 0 N–H and O–H groups in total. The van der Waals surface area contributed by atoms with Gasteiger partial charge in [-0.1, -0.05) is 25.5 Å². The van der Waals surface area contributed by atoms with E-state index < -0.39 is 11.6 Å². The summed E-state index contributed by atoms with van der Waals surface area (Å²) in [6.45, 7) is 2.38. The van der Waals surface area contributed by atoms with Crippen LogP contribution in [0, 0.1) is 17.6 Å².